The Morgan fingerprint density at radius 3 is 2.59 bits per heavy atom. The molecule has 1 aromatic rings. The molecule has 3 aliphatic heterocycles. The highest BCUT2D eigenvalue weighted by atomic mass is 32.1. The lowest BCUT2D eigenvalue weighted by molar-refractivity contribution is -0.142. The number of nitrogens with zero attached hydrogens (tertiary/aromatic N) is 5. The van der Waals surface area contributed by atoms with Crippen LogP contribution in [-0.2, 0) is 16.1 Å². The molecule has 0 unspecified atom stereocenters. The van der Waals surface area contributed by atoms with Gasteiger partial charge in [0.25, 0.3) is 0 Å². The first kappa shape index (κ1) is 19.2. The molecule has 8 heteroatoms. The number of carbonyl (C=O) groups excluding carboxylic acids is 1. The van der Waals surface area contributed by atoms with Crippen LogP contribution in [0.1, 0.15) is 35.7 Å². The minimum atomic E-state index is 0.180. The van der Waals surface area contributed by atoms with Crippen LogP contribution >= 0.6 is 11.3 Å². The zero-order valence-electron chi connectivity index (χ0n) is 16.3. The maximum absolute atomic E-state index is 12.9. The summed E-state index contributed by atoms with van der Waals surface area (Å²) in [6, 6.07) is 0.623. The fraction of sp³-hybridized carbons (Fsp3) is 0.842. The topological polar surface area (TPSA) is 61.8 Å². The van der Waals surface area contributed by atoms with Gasteiger partial charge >= 0.3 is 0 Å². The van der Waals surface area contributed by atoms with E-state index in [0.717, 1.165) is 68.7 Å². The van der Waals surface area contributed by atoms with E-state index in [0.29, 0.717) is 25.2 Å². The molecule has 150 valence electrons. The third kappa shape index (κ3) is 4.85. The Labute approximate surface area is 165 Å². The molecule has 3 aliphatic rings. The highest BCUT2D eigenvalue weighted by Crippen LogP contribution is 2.26. The molecule has 7 nitrogen and oxygen atoms in total. The molecular formula is C19H31N5O2S. The van der Waals surface area contributed by atoms with Crippen molar-refractivity contribution in [2.24, 2.45) is 5.92 Å². The Morgan fingerprint density at radius 2 is 1.89 bits per heavy atom. The van der Waals surface area contributed by atoms with Gasteiger partial charge < -0.3 is 9.64 Å². The number of morpholine rings is 1. The van der Waals surface area contributed by atoms with Crippen molar-refractivity contribution in [2.75, 3.05) is 52.5 Å². The van der Waals surface area contributed by atoms with Crippen molar-refractivity contribution >= 4 is 17.2 Å². The van der Waals surface area contributed by atoms with E-state index in [4.69, 9.17) is 4.74 Å². The third-order valence-corrected chi connectivity index (χ3v) is 6.95. The van der Waals surface area contributed by atoms with Gasteiger partial charge in [-0.2, -0.15) is 0 Å². The minimum absolute atomic E-state index is 0.180. The van der Waals surface area contributed by atoms with E-state index < -0.39 is 0 Å². The highest BCUT2D eigenvalue weighted by molar-refractivity contribution is 7.11. The standard InChI is InChI=1S/C19H31N5O2S/c1-15-20-21-18(27-15)14-22-7-4-17(5-8-22)24-6-2-3-16(13-24)19(25)23-9-11-26-12-10-23/h16-17H,2-14H2,1H3/t16-/m0/s1. The maximum atomic E-state index is 12.9. The van der Waals surface area contributed by atoms with Crippen molar-refractivity contribution in [1.29, 1.82) is 0 Å². The van der Waals surface area contributed by atoms with Crippen LogP contribution in [0.15, 0.2) is 0 Å². The molecule has 0 N–H and O–H groups in total. The van der Waals surface area contributed by atoms with E-state index >= 15 is 0 Å². The first-order valence-electron chi connectivity index (χ1n) is 10.3. The van der Waals surface area contributed by atoms with Gasteiger partial charge in [-0.1, -0.05) is 0 Å². The number of rotatable bonds is 4. The molecule has 0 aliphatic carbocycles. The molecular weight excluding hydrogens is 362 g/mol. The van der Waals surface area contributed by atoms with E-state index in [2.05, 4.69) is 20.0 Å². The van der Waals surface area contributed by atoms with Gasteiger partial charge in [-0.15, -0.1) is 21.5 Å². The summed E-state index contributed by atoms with van der Waals surface area (Å²) in [5.41, 5.74) is 0. The van der Waals surface area contributed by atoms with Gasteiger partial charge in [0.1, 0.15) is 10.0 Å². The zero-order valence-corrected chi connectivity index (χ0v) is 17.1. The maximum Gasteiger partial charge on any atom is 0.227 e. The number of piperidine rings is 2. The van der Waals surface area contributed by atoms with Crippen LogP contribution in [0.3, 0.4) is 0 Å². The summed E-state index contributed by atoms with van der Waals surface area (Å²) >= 11 is 1.70. The van der Waals surface area contributed by atoms with Crippen molar-refractivity contribution in [3.63, 3.8) is 0 Å². The van der Waals surface area contributed by atoms with Crippen LogP contribution in [0.5, 0.6) is 0 Å². The van der Waals surface area contributed by atoms with Crippen LogP contribution in [-0.4, -0.2) is 89.3 Å². The van der Waals surface area contributed by atoms with Gasteiger partial charge in [0.2, 0.25) is 5.91 Å². The first-order valence-corrected chi connectivity index (χ1v) is 11.1. The van der Waals surface area contributed by atoms with Gasteiger partial charge in [0, 0.05) is 38.8 Å². The van der Waals surface area contributed by atoms with Gasteiger partial charge in [-0.3, -0.25) is 14.6 Å². The second kappa shape index (κ2) is 8.94. The summed E-state index contributed by atoms with van der Waals surface area (Å²) in [5.74, 6) is 0.534. The molecule has 27 heavy (non-hydrogen) atoms. The molecule has 0 bridgehead atoms. The third-order valence-electron chi connectivity index (χ3n) is 6.13. The summed E-state index contributed by atoms with van der Waals surface area (Å²) in [6.07, 6.45) is 4.57. The van der Waals surface area contributed by atoms with Crippen molar-refractivity contribution in [2.45, 2.75) is 45.2 Å². The largest absolute Gasteiger partial charge is 0.378 e. The Morgan fingerprint density at radius 1 is 1.11 bits per heavy atom. The number of ether oxygens (including phenoxy) is 1. The SMILES string of the molecule is Cc1nnc(CN2CCC(N3CCC[C@H](C(=O)N4CCOCC4)C3)CC2)s1. The van der Waals surface area contributed by atoms with Crippen LogP contribution < -0.4 is 0 Å². The van der Waals surface area contributed by atoms with E-state index in [1.807, 2.05) is 11.8 Å². The second-order valence-corrected chi connectivity index (χ2v) is 9.26. The molecule has 0 spiro atoms. The van der Waals surface area contributed by atoms with E-state index in [9.17, 15) is 4.79 Å². The molecule has 1 amide bonds. The highest BCUT2D eigenvalue weighted by Gasteiger charge is 2.34. The predicted molar refractivity (Wildman–Crippen MR) is 105 cm³/mol. The average Bonchev–Trinajstić information content (AvgIpc) is 3.13. The Bertz CT molecular complexity index is 625. The van der Waals surface area contributed by atoms with Crippen molar-refractivity contribution in [3.05, 3.63) is 10.0 Å². The molecule has 3 saturated heterocycles. The van der Waals surface area contributed by atoms with E-state index in [-0.39, 0.29) is 5.92 Å². The van der Waals surface area contributed by atoms with E-state index in [1.54, 1.807) is 11.3 Å². The molecule has 0 aromatic carbocycles. The molecule has 1 aromatic heterocycles. The van der Waals surface area contributed by atoms with Crippen LogP contribution in [0.2, 0.25) is 0 Å². The van der Waals surface area contributed by atoms with Crippen molar-refractivity contribution in [1.82, 2.24) is 24.9 Å². The van der Waals surface area contributed by atoms with Crippen LogP contribution in [0.4, 0.5) is 0 Å². The quantitative estimate of drug-likeness (QED) is 0.770. The Hall–Kier alpha value is -1.09. The normalized spacial score (nSPS) is 26.4. The monoisotopic (exact) mass is 393 g/mol. The Balaban J connectivity index is 1.26. The molecule has 0 saturated carbocycles. The fourth-order valence-corrected chi connectivity index (χ4v) is 5.37. The smallest absolute Gasteiger partial charge is 0.227 e. The molecule has 0 radical (unpaired) electrons. The van der Waals surface area contributed by atoms with Gasteiger partial charge in [-0.25, -0.2) is 0 Å². The van der Waals surface area contributed by atoms with Crippen molar-refractivity contribution in [3.8, 4) is 0 Å². The number of carbonyl (C=O) groups is 1. The van der Waals surface area contributed by atoms with Crippen LogP contribution in [0, 0.1) is 12.8 Å². The lowest BCUT2D eigenvalue weighted by Crippen LogP contribution is -2.52. The molecule has 3 fully saturated rings. The number of likely N-dealkylation sites (tertiary alicyclic amines) is 2. The van der Waals surface area contributed by atoms with Crippen molar-refractivity contribution < 1.29 is 9.53 Å². The lowest BCUT2D eigenvalue weighted by Gasteiger charge is -2.42. The molecule has 4 heterocycles. The number of amides is 1. The number of aromatic nitrogens is 2. The zero-order chi connectivity index (χ0) is 18.6. The number of hydrogen-bond donors (Lipinski definition) is 0. The minimum Gasteiger partial charge on any atom is -0.378 e. The fourth-order valence-electron chi connectivity index (χ4n) is 4.62. The summed E-state index contributed by atoms with van der Waals surface area (Å²) in [5, 5.41) is 10.6. The first-order chi connectivity index (χ1) is 13.2. The summed E-state index contributed by atoms with van der Waals surface area (Å²) in [7, 11) is 0. The number of aryl methyl sites for hydroxylation is 1. The van der Waals surface area contributed by atoms with Crippen LogP contribution in [0.25, 0.3) is 0 Å². The van der Waals surface area contributed by atoms with Gasteiger partial charge in [0.05, 0.1) is 25.7 Å². The number of hydrogen-bond acceptors (Lipinski definition) is 7. The van der Waals surface area contributed by atoms with Gasteiger partial charge in [0.15, 0.2) is 0 Å². The average molecular weight is 394 g/mol. The predicted octanol–water partition coefficient (Wildman–Crippen LogP) is 1.38. The van der Waals surface area contributed by atoms with E-state index in [1.165, 1.54) is 12.8 Å². The second-order valence-electron chi connectivity index (χ2n) is 7.99. The summed E-state index contributed by atoms with van der Waals surface area (Å²) < 4.78 is 5.39. The lowest BCUT2D eigenvalue weighted by atomic mass is 9.92. The molecule has 1 atom stereocenters. The van der Waals surface area contributed by atoms with Gasteiger partial charge in [-0.05, 0) is 39.2 Å². The summed E-state index contributed by atoms with van der Waals surface area (Å²) in [4.78, 5) is 20.0. The molecule has 4 rings (SSSR count). The summed E-state index contributed by atoms with van der Waals surface area (Å²) in [6.45, 7) is 10.2. The Kier molecular flexibility index (Phi) is 6.37.